The number of hydrogen-bond donors (Lipinski definition) is 0. The number of benzene rings is 2. The number of anilines is 1. The normalized spacial score (nSPS) is 11.4. The first-order chi connectivity index (χ1) is 11.0. The van der Waals surface area contributed by atoms with Crippen LogP contribution in [-0.2, 0) is 10.0 Å². The van der Waals surface area contributed by atoms with Crippen LogP contribution in [-0.4, -0.2) is 17.8 Å². The van der Waals surface area contributed by atoms with Gasteiger partial charge in [0.05, 0.1) is 9.92 Å². The van der Waals surface area contributed by atoms with Crippen molar-refractivity contribution in [2.24, 2.45) is 0 Å². The van der Waals surface area contributed by atoms with Gasteiger partial charge in [0.25, 0.3) is 10.0 Å². The van der Waals surface area contributed by atoms with Gasteiger partial charge in [-0.2, -0.15) is 17.8 Å². The highest BCUT2D eigenvalue weighted by Gasteiger charge is 2.27. The van der Waals surface area contributed by atoms with Gasteiger partial charge in [-0.1, -0.05) is 41.9 Å². The average molecular weight is 386 g/mol. The summed E-state index contributed by atoms with van der Waals surface area (Å²) in [6, 6.07) is 14.9. The number of nitrogens with zero attached hydrogens (tertiary/aromatic N) is 3. The van der Waals surface area contributed by atoms with E-state index in [1.807, 2.05) is 0 Å². The second-order valence-electron chi connectivity index (χ2n) is 4.41. The topological polar surface area (TPSA) is 63.2 Å². The Balaban J connectivity index is 1.96. The van der Waals surface area contributed by atoms with Crippen molar-refractivity contribution in [3.8, 4) is 11.4 Å². The monoisotopic (exact) mass is 385 g/mol. The maximum atomic E-state index is 12.5. The summed E-state index contributed by atoms with van der Waals surface area (Å²) >= 11 is 13.0. The molecule has 9 heteroatoms. The lowest BCUT2D eigenvalue weighted by molar-refractivity contribution is 0.598. The van der Waals surface area contributed by atoms with Gasteiger partial charge in [0.15, 0.2) is 5.82 Å². The quantitative estimate of drug-likeness (QED) is 0.631. The Morgan fingerprint density at radius 3 is 2.35 bits per heavy atom. The van der Waals surface area contributed by atoms with Crippen LogP contribution in [0.2, 0.25) is 5.02 Å². The molecule has 0 unspecified atom stereocenters. The average Bonchev–Trinajstić information content (AvgIpc) is 3.05. The minimum Gasteiger partial charge on any atom is -0.200 e. The Bertz CT molecular complexity index is 930. The van der Waals surface area contributed by atoms with Gasteiger partial charge >= 0.3 is 0 Å². The van der Waals surface area contributed by atoms with E-state index in [1.54, 1.807) is 42.5 Å². The molecule has 0 aliphatic heterocycles. The lowest BCUT2D eigenvalue weighted by Gasteiger charge is -2.12. The van der Waals surface area contributed by atoms with Gasteiger partial charge in [0.1, 0.15) is 0 Å². The van der Waals surface area contributed by atoms with Gasteiger partial charge in [-0.3, -0.25) is 0 Å². The number of halogens is 2. The van der Waals surface area contributed by atoms with E-state index in [0.717, 1.165) is 11.5 Å². The van der Waals surface area contributed by atoms with Crippen molar-refractivity contribution in [3.05, 3.63) is 59.6 Å². The molecule has 3 rings (SSSR count). The summed E-state index contributed by atoms with van der Waals surface area (Å²) < 4.78 is 29.6. The fraction of sp³-hybridized carbons (Fsp3) is 0. The van der Waals surface area contributed by atoms with Crippen LogP contribution in [0.15, 0.2) is 59.5 Å². The van der Waals surface area contributed by atoms with Crippen LogP contribution in [0.25, 0.3) is 11.4 Å². The van der Waals surface area contributed by atoms with Crippen LogP contribution < -0.4 is 3.82 Å². The van der Waals surface area contributed by atoms with Crippen molar-refractivity contribution in [2.45, 2.75) is 4.90 Å². The molecule has 0 aliphatic carbocycles. The maximum Gasteiger partial charge on any atom is 0.280 e. The molecule has 0 amide bonds. The molecule has 0 bridgehead atoms. The molecule has 1 aromatic heterocycles. The Kier molecular flexibility index (Phi) is 4.54. The fourth-order valence-electron chi connectivity index (χ4n) is 1.83. The van der Waals surface area contributed by atoms with Crippen molar-refractivity contribution >= 4 is 50.1 Å². The van der Waals surface area contributed by atoms with E-state index >= 15 is 0 Å². The number of rotatable bonds is 4. The highest BCUT2D eigenvalue weighted by atomic mass is 35.5. The van der Waals surface area contributed by atoms with Crippen LogP contribution in [0.5, 0.6) is 0 Å². The summed E-state index contributed by atoms with van der Waals surface area (Å²) in [5, 5.41) is 0.523. The summed E-state index contributed by atoms with van der Waals surface area (Å²) in [7, 11) is -3.90. The number of sulfonamides is 1. The molecule has 0 atom stereocenters. The lowest BCUT2D eigenvalue weighted by atomic mass is 10.2. The van der Waals surface area contributed by atoms with E-state index < -0.39 is 10.0 Å². The van der Waals surface area contributed by atoms with Crippen LogP contribution >= 0.6 is 34.9 Å². The Hall–Kier alpha value is -1.67. The lowest BCUT2D eigenvalue weighted by Crippen LogP contribution is -2.21. The van der Waals surface area contributed by atoms with E-state index in [9.17, 15) is 8.42 Å². The van der Waals surface area contributed by atoms with Crippen LogP contribution in [0.1, 0.15) is 0 Å². The molecule has 0 N–H and O–H groups in total. The molecule has 1 heterocycles. The SMILES string of the molecule is O=S(=O)(c1ccccc1)N(Cl)c1nc(-c2ccccc2Cl)ns1. The van der Waals surface area contributed by atoms with E-state index in [0.29, 0.717) is 20.2 Å². The molecule has 3 aromatic rings. The van der Waals surface area contributed by atoms with Gasteiger partial charge in [0, 0.05) is 28.9 Å². The van der Waals surface area contributed by atoms with Crippen molar-refractivity contribution in [1.29, 1.82) is 0 Å². The third kappa shape index (κ3) is 3.18. The van der Waals surface area contributed by atoms with Gasteiger partial charge in [-0.25, -0.2) is 0 Å². The Morgan fingerprint density at radius 1 is 1.00 bits per heavy atom. The predicted molar refractivity (Wildman–Crippen MR) is 92.3 cm³/mol. The highest BCUT2D eigenvalue weighted by molar-refractivity contribution is 7.94. The molecule has 0 aliphatic rings. The smallest absolute Gasteiger partial charge is 0.200 e. The third-order valence-electron chi connectivity index (χ3n) is 2.93. The highest BCUT2D eigenvalue weighted by Crippen LogP contribution is 2.32. The molecule has 23 heavy (non-hydrogen) atoms. The van der Waals surface area contributed by atoms with Crippen molar-refractivity contribution in [1.82, 2.24) is 9.36 Å². The molecular formula is C14H9Cl2N3O2S2. The van der Waals surface area contributed by atoms with Crippen molar-refractivity contribution in [3.63, 3.8) is 0 Å². The summed E-state index contributed by atoms with van der Waals surface area (Å²) in [5.74, 6) is 0.324. The van der Waals surface area contributed by atoms with E-state index in [2.05, 4.69) is 9.36 Å². The second kappa shape index (κ2) is 6.45. The van der Waals surface area contributed by atoms with E-state index in [4.69, 9.17) is 23.4 Å². The zero-order valence-corrected chi connectivity index (χ0v) is 14.6. The summed E-state index contributed by atoms with van der Waals surface area (Å²) in [6.07, 6.45) is 0. The van der Waals surface area contributed by atoms with Crippen molar-refractivity contribution in [2.75, 3.05) is 3.82 Å². The van der Waals surface area contributed by atoms with E-state index in [-0.39, 0.29) is 10.0 Å². The van der Waals surface area contributed by atoms with Crippen molar-refractivity contribution < 1.29 is 8.42 Å². The standard InChI is InChI=1S/C14H9Cl2N3O2S2/c15-12-9-5-4-8-11(12)13-17-14(22-18-13)19(16)23(20,21)10-6-2-1-3-7-10/h1-9H. The zero-order valence-electron chi connectivity index (χ0n) is 11.4. The first-order valence-electron chi connectivity index (χ1n) is 6.35. The first kappa shape index (κ1) is 16.2. The predicted octanol–water partition coefficient (Wildman–Crippen LogP) is 4.21. The maximum absolute atomic E-state index is 12.5. The molecule has 0 fully saturated rings. The van der Waals surface area contributed by atoms with Gasteiger partial charge in [-0.15, -0.1) is 3.82 Å². The van der Waals surface area contributed by atoms with Crippen LogP contribution in [0.4, 0.5) is 5.13 Å². The minimum absolute atomic E-state index is 0.0467. The molecule has 0 spiro atoms. The molecule has 0 radical (unpaired) electrons. The third-order valence-corrected chi connectivity index (χ3v) is 6.35. The second-order valence-corrected chi connectivity index (χ2v) is 7.88. The van der Waals surface area contributed by atoms with Crippen LogP contribution in [0.3, 0.4) is 0 Å². The number of aromatic nitrogens is 2. The molecule has 118 valence electrons. The summed E-state index contributed by atoms with van der Waals surface area (Å²) in [4.78, 5) is 4.24. The number of hydrogen-bond acceptors (Lipinski definition) is 5. The molecular weight excluding hydrogens is 377 g/mol. The summed E-state index contributed by atoms with van der Waals surface area (Å²) in [5.41, 5.74) is 0.610. The molecule has 0 saturated heterocycles. The van der Waals surface area contributed by atoms with Gasteiger partial charge in [0.2, 0.25) is 5.13 Å². The van der Waals surface area contributed by atoms with Crippen LogP contribution in [0, 0.1) is 0 Å². The Labute approximate surface area is 147 Å². The van der Waals surface area contributed by atoms with E-state index in [1.165, 1.54) is 12.1 Å². The minimum atomic E-state index is -3.90. The molecule has 2 aromatic carbocycles. The molecule has 0 saturated carbocycles. The van der Waals surface area contributed by atoms with Gasteiger partial charge < -0.3 is 0 Å². The summed E-state index contributed by atoms with van der Waals surface area (Å²) in [6.45, 7) is 0. The molecule has 5 nitrogen and oxygen atoms in total. The van der Waals surface area contributed by atoms with Gasteiger partial charge in [-0.05, 0) is 24.3 Å². The first-order valence-corrected chi connectivity index (χ1v) is 9.28. The largest absolute Gasteiger partial charge is 0.280 e. The zero-order chi connectivity index (χ0) is 16.4. The Morgan fingerprint density at radius 2 is 1.65 bits per heavy atom. The fourth-order valence-corrected chi connectivity index (χ4v) is 4.24.